The van der Waals surface area contributed by atoms with Crippen LogP contribution in [0.15, 0.2) is 47.6 Å². The molecule has 28 heavy (non-hydrogen) atoms. The number of nitrogens with one attached hydrogen (secondary N) is 2. The number of hydrogen-bond donors (Lipinski definition) is 3. The van der Waals surface area contributed by atoms with Crippen LogP contribution in [0, 0.1) is 11.7 Å². The molecule has 0 aliphatic carbocycles. The Balaban J connectivity index is 2.02. The maximum atomic E-state index is 13.0. The van der Waals surface area contributed by atoms with Gasteiger partial charge in [0.15, 0.2) is 11.5 Å². The van der Waals surface area contributed by atoms with E-state index in [9.17, 15) is 19.1 Å². The van der Waals surface area contributed by atoms with Crippen molar-refractivity contribution in [2.75, 3.05) is 7.11 Å². The average Bonchev–Trinajstić information content (AvgIpc) is 2.67. The molecule has 0 saturated carbocycles. The Morgan fingerprint density at radius 2 is 1.86 bits per heavy atom. The Morgan fingerprint density at radius 3 is 2.46 bits per heavy atom. The summed E-state index contributed by atoms with van der Waals surface area (Å²) >= 11 is 0. The van der Waals surface area contributed by atoms with Crippen LogP contribution in [0.3, 0.4) is 0 Å². The van der Waals surface area contributed by atoms with Gasteiger partial charge in [-0.1, -0.05) is 13.8 Å². The number of amides is 2. The van der Waals surface area contributed by atoms with Crippen LogP contribution in [-0.4, -0.2) is 36.3 Å². The number of nitrogens with zero attached hydrogens (tertiary/aromatic N) is 1. The molecule has 2 aromatic rings. The van der Waals surface area contributed by atoms with Crippen molar-refractivity contribution >= 4 is 18.0 Å². The summed E-state index contributed by atoms with van der Waals surface area (Å²) in [5.74, 6) is -1.36. The topological polar surface area (TPSA) is 100 Å². The number of hydrazone groups is 1. The Labute approximate surface area is 162 Å². The highest BCUT2D eigenvalue weighted by atomic mass is 19.1. The summed E-state index contributed by atoms with van der Waals surface area (Å²) in [7, 11) is 1.43. The van der Waals surface area contributed by atoms with E-state index in [2.05, 4.69) is 15.8 Å². The predicted molar refractivity (Wildman–Crippen MR) is 103 cm³/mol. The molecule has 0 radical (unpaired) electrons. The van der Waals surface area contributed by atoms with E-state index in [1.807, 2.05) is 0 Å². The maximum Gasteiger partial charge on any atom is 0.262 e. The van der Waals surface area contributed by atoms with Crippen molar-refractivity contribution in [1.29, 1.82) is 0 Å². The quantitative estimate of drug-likeness (QED) is 0.502. The molecule has 0 bridgehead atoms. The number of carbonyl (C=O) groups is 2. The van der Waals surface area contributed by atoms with E-state index >= 15 is 0 Å². The molecule has 7 nitrogen and oxygen atoms in total. The van der Waals surface area contributed by atoms with Crippen LogP contribution < -0.4 is 15.5 Å². The molecule has 0 aromatic heterocycles. The van der Waals surface area contributed by atoms with Gasteiger partial charge in [-0.25, -0.2) is 9.82 Å². The zero-order valence-electron chi connectivity index (χ0n) is 15.8. The van der Waals surface area contributed by atoms with E-state index in [4.69, 9.17) is 4.74 Å². The molecule has 1 unspecified atom stereocenters. The highest BCUT2D eigenvalue weighted by Crippen LogP contribution is 2.25. The lowest BCUT2D eigenvalue weighted by molar-refractivity contribution is -0.123. The predicted octanol–water partition coefficient (Wildman–Crippen LogP) is 2.44. The van der Waals surface area contributed by atoms with Gasteiger partial charge in [0, 0.05) is 5.56 Å². The summed E-state index contributed by atoms with van der Waals surface area (Å²) in [5.41, 5.74) is 3.24. The van der Waals surface area contributed by atoms with Crippen LogP contribution in [0.4, 0.5) is 4.39 Å². The summed E-state index contributed by atoms with van der Waals surface area (Å²) in [5, 5.41) is 16.1. The molecule has 2 rings (SSSR count). The van der Waals surface area contributed by atoms with Gasteiger partial charge in [0.05, 0.1) is 13.3 Å². The van der Waals surface area contributed by atoms with Gasteiger partial charge >= 0.3 is 0 Å². The van der Waals surface area contributed by atoms with Gasteiger partial charge in [-0.05, 0) is 53.9 Å². The van der Waals surface area contributed by atoms with E-state index < -0.39 is 23.7 Å². The van der Waals surface area contributed by atoms with Crippen molar-refractivity contribution < 1.29 is 23.8 Å². The number of benzene rings is 2. The molecule has 2 aromatic carbocycles. The number of hydrogen-bond acceptors (Lipinski definition) is 5. The minimum Gasteiger partial charge on any atom is -0.504 e. The van der Waals surface area contributed by atoms with Gasteiger partial charge in [-0.2, -0.15) is 5.10 Å². The SMILES string of the molecule is COc1cc(/C=N/NC(=O)C(NC(=O)c2ccc(F)cc2)C(C)C)ccc1O. The minimum absolute atomic E-state index is 0.00735. The number of halogens is 1. The van der Waals surface area contributed by atoms with Crippen LogP contribution >= 0.6 is 0 Å². The average molecular weight is 387 g/mol. The minimum atomic E-state index is -0.830. The van der Waals surface area contributed by atoms with Crippen molar-refractivity contribution in [2.45, 2.75) is 19.9 Å². The molecule has 3 N–H and O–H groups in total. The zero-order chi connectivity index (χ0) is 20.7. The molecule has 0 saturated heterocycles. The molecule has 0 aliphatic rings. The lowest BCUT2D eigenvalue weighted by atomic mass is 10.0. The van der Waals surface area contributed by atoms with Crippen molar-refractivity contribution in [3.63, 3.8) is 0 Å². The molecule has 0 heterocycles. The fraction of sp³-hybridized carbons (Fsp3) is 0.250. The fourth-order valence-electron chi connectivity index (χ4n) is 2.38. The van der Waals surface area contributed by atoms with E-state index in [-0.39, 0.29) is 23.0 Å². The number of phenolic OH excluding ortho intramolecular Hbond substituents is 1. The third-order valence-electron chi connectivity index (χ3n) is 3.93. The Kier molecular flexibility index (Phi) is 7.08. The first kappa shape index (κ1) is 20.9. The number of rotatable bonds is 7. The largest absolute Gasteiger partial charge is 0.504 e. The van der Waals surface area contributed by atoms with E-state index in [0.717, 1.165) is 0 Å². The molecular weight excluding hydrogens is 365 g/mol. The number of phenols is 1. The number of ether oxygens (including phenoxy) is 1. The van der Waals surface area contributed by atoms with Crippen LogP contribution in [0.1, 0.15) is 29.8 Å². The molecule has 0 spiro atoms. The van der Waals surface area contributed by atoms with Crippen molar-refractivity contribution in [3.8, 4) is 11.5 Å². The van der Waals surface area contributed by atoms with Gasteiger partial charge in [-0.15, -0.1) is 0 Å². The highest BCUT2D eigenvalue weighted by Gasteiger charge is 2.24. The van der Waals surface area contributed by atoms with Gasteiger partial charge in [0.2, 0.25) is 0 Å². The number of carbonyl (C=O) groups excluding carboxylic acids is 2. The third kappa shape index (κ3) is 5.54. The molecule has 0 aliphatic heterocycles. The van der Waals surface area contributed by atoms with E-state index in [1.165, 1.54) is 43.7 Å². The normalized spacial score (nSPS) is 12.0. The number of aromatic hydroxyl groups is 1. The second kappa shape index (κ2) is 9.50. The Hall–Kier alpha value is -3.42. The van der Waals surface area contributed by atoms with Crippen molar-refractivity contribution in [2.24, 2.45) is 11.0 Å². The van der Waals surface area contributed by atoms with Gasteiger partial charge < -0.3 is 15.2 Å². The first-order chi connectivity index (χ1) is 13.3. The Bertz CT molecular complexity index is 866. The zero-order valence-corrected chi connectivity index (χ0v) is 15.8. The van der Waals surface area contributed by atoms with Crippen LogP contribution in [-0.2, 0) is 4.79 Å². The highest BCUT2D eigenvalue weighted by molar-refractivity contribution is 5.97. The second-order valence-electron chi connectivity index (χ2n) is 6.37. The van der Waals surface area contributed by atoms with Gasteiger partial charge in [0.25, 0.3) is 11.8 Å². The molecule has 8 heteroatoms. The first-order valence-electron chi connectivity index (χ1n) is 8.58. The number of methoxy groups -OCH3 is 1. The fourth-order valence-corrected chi connectivity index (χ4v) is 2.38. The van der Waals surface area contributed by atoms with E-state index in [1.54, 1.807) is 26.0 Å². The van der Waals surface area contributed by atoms with Crippen LogP contribution in [0.2, 0.25) is 0 Å². The monoisotopic (exact) mass is 387 g/mol. The summed E-state index contributed by atoms with van der Waals surface area (Å²) in [4.78, 5) is 24.7. The first-order valence-corrected chi connectivity index (χ1v) is 8.58. The molecule has 0 fully saturated rings. The van der Waals surface area contributed by atoms with Crippen molar-refractivity contribution in [3.05, 3.63) is 59.4 Å². The Morgan fingerprint density at radius 1 is 1.18 bits per heavy atom. The van der Waals surface area contributed by atoms with Crippen LogP contribution in [0.25, 0.3) is 0 Å². The molecule has 1 atom stereocenters. The summed E-state index contributed by atoms with van der Waals surface area (Å²) in [6, 6.07) is 8.81. The van der Waals surface area contributed by atoms with Gasteiger partial charge in [-0.3, -0.25) is 9.59 Å². The second-order valence-corrected chi connectivity index (χ2v) is 6.37. The summed E-state index contributed by atoms with van der Waals surface area (Å²) in [6.07, 6.45) is 1.39. The van der Waals surface area contributed by atoms with Crippen LogP contribution in [0.5, 0.6) is 11.5 Å². The summed E-state index contributed by atoms with van der Waals surface area (Å²) in [6.45, 7) is 3.56. The van der Waals surface area contributed by atoms with Gasteiger partial charge in [0.1, 0.15) is 11.9 Å². The molecular formula is C20H22FN3O4. The molecule has 2 amide bonds. The maximum absolute atomic E-state index is 13.0. The lowest BCUT2D eigenvalue weighted by Gasteiger charge is -2.20. The summed E-state index contributed by atoms with van der Waals surface area (Å²) < 4.78 is 18.0. The van der Waals surface area contributed by atoms with E-state index in [0.29, 0.717) is 5.56 Å². The smallest absolute Gasteiger partial charge is 0.262 e. The van der Waals surface area contributed by atoms with Crippen molar-refractivity contribution in [1.82, 2.24) is 10.7 Å². The third-order valence-corrected chi connectivity index (χ3v) is 3.93. The standard InChI is InChI=1S/C20H22FN3O4/c1-12(2)18(23-19(26)14-5-7-15(21)8-6-14)20(27)24-22-11-13-4-9-16(25)17(10-13)28-3/h4-12,18,25H,1-3H3,(H,23,26)(H,24,27)/b22-11+. The molecule has 148 valence electrons. The lowest BCUT2D eigenvalue weighted by Crippen LogP contribution is -2.48.